The number of rotatable bonds is 7. The van der Waals surface area contributed by atoms with Gasteiger partial charge in [-0.3, -0.25) is 4.79 Å². The van der Waals surface area contributed by atoms with Gasteiger partial charge in [0.1, 0.15) is 22.8 Å². The average molecular weight is 409 g/mol. The van der Waals surface area contributed by atoms with Crippen LogP contribution in [0.25, 0.3) is 11.6 Å². The van der Waals surface area contributed by atoms with Gasteiger partial charge >= 0.3 is 0 Å². The molecule has 158 valence electrons. The van der Waals surface area contributed by atoms with Crippen molar-refractivity contribution in [3.63, 3.8) is 0 Å². The van der Waals surface area contributed by atoms with Crippen molar-refractivity contribution in [1.29, 1.82) is 0 Å². The van der Waals surface area contributed by atoms with Crippen molar-refractivity contribution in [2.24, 2.45) is 0 Å². The van der Waals surface area contributed by atoms with Crippen LogP contribution < -0.4 is 9.47 Å². The summed E-state index contributed by atoms with van der Waals surface area (Å²) in [5.41, 5.74) is 2.86. The lowest BCUT2D eigenvalue weighted by molar-refractivity contribution is 0.104. The summed E-state index contributed by atoms with van der Waals surface area (Å²) in [6, 6.07) is 8.95. The maximum Gasteiger partial charge on any atom is 0.193 e. The van der Waals surface area contributed by atoms with Crippen LogP contribution >= 0.6 is 0 Å². The van der Waals surface area contributed by atoms with Gasteiger partial charge in [-0.05, 0) is 54.4 Å². The predicted octanol–water partition coefficient (Wildman–Crippen LogP) is 3.52. The maximum absolute atomic E-state index is 13.0. The Morgan fingerprint density at radius 3 is 2.67 bits per heavy atom. The van der Waals surface area contributed by atoms with Crippen LogP contribution in [0.4, 0.5) is 0 Å². The van der Waals surface area contributed by atoms with Gasteiger partial charge in [-0.15, -0.1) is 0 Å². The minimum absolute atomic E-state index is 0.0867. The third-order valence-electron chi connectivity index (χ3n) is 5.24. The summed E-state index contributed by atoms with van der Waals surface area (Å²) in [6.45, 7) is 1.31. The molecule has 1 aliphatic heterocycles. The van der Waals surface area contributed by atoms with Crippen molar-refractivity contribution in [1.82, 2.24) is 4.90 Å². The first-order valence-electron chi connectivity index (χ1n) is 9.76. The topological polar surface area (TPSA) is 79.2 Å². The Bertz CT molecular complexity index is 993. The van der Waals surface area contributed by atoms with E-state index in [0.717, 1.165) is 30.6 Å². The van der Waals surface area contributed by atoms with Crippen molar-refractivity contribution in [3.8, 4) is 17.2 Å². The molecule has 3 rings (SSSR count). The number of ketones is 1. The van der Waals surface area contributed by atoms with Gasteiger partial charge in [0.2, 0.25) is 0 Å². The van der Waals surface area contributed by atoms with Gasteiger partial charge in [0.25, 0.3) is 0 Å². The molecule has 0 fully saturated rings. The Labute approximate surface area is 176 Å². The van der Waals surface area contributed by atoms with E-state index in [-0.39, 0.29) is 29.5 Å². The fraction of sp³-hybridized carbons (Fsp3) is 0.292. The third-order valence-corrected chi connectivity index (χ3v) is 5.24. The minimum Gasteiger partial charge on any atom is -0.506 e. The number of hydrogen-bond donors (Lipinski definition) is 2. The van der Waals surface area contributed by atoms with Crippen LogP contribution in [0.3, 0.4) is 0 Å². The van der Waals surface area contributed by atoms with Gasteiger partial charge in [-0.1, -0.05) is 24.3 Å². The number of carbonyl (C=O) groups excluding carboxylic acids is 1. The molecule has 6 nitrogen and oxygen atoms in total. The van der Waals surface area contributed by atoms with E-state index >= 15 is 0 Å². The number of phenols is 1. The lowest BCUT2D eigenvalue weighted by Crippen LogP contribution is -2.24. The molecular weight excluding hydrogens is 382 g/mol. The second kappa shape index (κ2) is 9.61. The summed E-state index contributed by atoms with van der Waals surface area (Å²) < 4.78 is 10.6. The van der Waals surface area contributed by atoms with Crippen molar-refractivity contribution in [2.75, 3.05) is 34.4 Å². The summed E-state index contributed by atoms with van der Waals surface area (Å²) in [7, 11) is 5.04. The number of aliphatic hydroxyl groups is 1. The van der Waals surface area contributed by atoms with Crippen LogP contribution in [0.1, 0.15) is 33.5 Å². The van der Waals surface area contributed by atoms with Gasteiger partial charge in [0.05, 0.1) is 20.8 Å². The summed E-state index contributed by atoms with van der Waals surface area (Å²) in [4.78, 5) is 15.2. The van der Waals surface area contributed by atoms with Crippen LogP contribution in [0, 0.1) is 0 Å². The van der Waals surface area contributed by atoms with E-state index in [1.165, 1.54) is 13.2 Å². The Hall–Kier alpha value is -3.09. The monoisotopic (exact) mass is 409 g/mol. The molecule has 2 aromatic carbocycles. The highest BCUT2D eigenvalue weighted by atomic mass is 16.5. The van der Waals surface area contributed by atoms with Crippen molar-refractivity contribution in [3.05, 3.63) is 64.7 Å². The standard InChI is InChI=1S/C24H27NO5/c1-25-11-9-17(10-12-25)22-18(15-26)14-21(30-3)23(24(22)28)20(27)8-7-16-5-4-6-19(13-16)29-2/h4-9,13-14,26,28H,10-12,15H2,1-3H3/b8-7+. The van der Waals surface area contributed by atoms with Crippen LogP contribution in [-0.2, 0) is 6.61 Å². The molecule has 0 saturated carbocycles. The van der Waals surface area contributed by atoms with Gasteiger partial charge < -0.3 is 24.6 Å². The first-order chi connectivity index (χ1) is 14.5. The molecule has 6 heteroatoms. The van der Waals surface area contributed by atoms with Crippen LogP contribution in [-0.4, -0.2) is 55.3 Å². The minimum atomic E-state index is -0.383. The highest BCUT2D eigenvalue weighted by Gasteiger charge is 2.25. The van der Waals surface area contributed by atoms with E-state index in [1.54, 1.807) is 19.3 Å². The molecule has 2 N–H and O–H groups in total. The number of benzene rings is 2. The molecular formula is C24H27NO5. The van der Waals surface area contributed by atoms with Crippen LogP contribution in [0.15, 0.2) is 42.5 Å². The fourth-order valence-corrected chi connectivity index (χ4v) is 3.58. The summed E-state index contributed by atoms with van der Waals surface area (Å²) in [6.07, 6.45) is 5.80. The SMILES string of the molecule is COc1cccc(/C=C/C(=O)c2c(OC)cc(CO)c(C3=CCN(C)CC3)c2O)c1. The van der Waals surface area contributed by atoms with Crippen LogP contribution in [0.2, 0.25) is 0 Å². The first-order valence-corrected chi connectivity index (χ1v) is 9.76. The summed E-state index contributed by atoms with van der Waals surface area (Å²) in [5, 5.41) is 20.9. The number of aliphatic hydroxyl groups excluding tert-OH is 1. The molecule has 0 unspecified atom stereocenters. The number of methoxy groups -OCH3 is 2. The first kappa shape index (κ1) is 21.6. The predicted molar refractivity (Wildman–Crippen MR) is 117 cm³/mol. The lowest BCUT2D eigenvalue weighted by Gasteiger charge is -2.25. The number of likely N-dealkylation sites (N-methyl/N-ethyl adjacent to an activating group) is 1. The molecule has 0 atom stereocenters. The van der Waals surface area contributed by atoms with Gasteiger partial charge in [-0.25, -0.2) is 0 Å². The normalized spacial score (nSPS) is 14.6. The zero-order valence-electron chi connectivity index (χ0n) is 17.5. The molecule has 0 saturated heterocycles. The van der Waals surface area contributed by atoms with Crippen LogP contribution in [0.5, 0.6) is 17.2 Å². The maximum atomic E-state index is 13.0. The number of phenolic OH excluding ortho intramolecular Hbond substituents is 1. The fourth-order valence-electron chi connectivity index (χ4n) is 3.58. The van der Waals surface area contributed by atoms with Crippen molar-refractivity contribution >= 4 is 17.4 Å². The van der Waals surface area contributed by atoms with E-state index in [0.29, 0.717) is 16.9 Å². The average Bonchev–Trinajstić information content (AvgIpc) is 2.77. The lowest BCUT2D eigenvalue weighted by atomic mass is 9.90. The Morgan fingerprint density at radius 1 is 1.23 bits per heavy atom. The zero-order chi connectivity index (χ0) is 21.7. The molecule has 0 radical (unpaired) electrons. The van der Waals surface area contributed by atoms with E-state index in [4.69, 9.17) is 9.47 Å². The molecule has 0 bridgehead atoms. The Kier molecular flexibility index (Phi) is 6.92. The van der Waals surface area contributed by atoms with Gasteiger partial charge in [0.15, 0.2) is 5.78 Å². The van der Waals surface area contributed by atoms with Gasteiger partial charge in [0, 0.05) is 18.7 Å². The number of allylic oxidation sites excluding steroid dienone is 1. The largest absolute Gasteiger partial charge is 0.506 e. The number of nitrogens with zero attached hydrogens (tertiary/aromatic N) is 1. The quantitative estimate of drug-likeness (QED) is 0.538. The molecule has 0 amide bonds. The molecule has 1 aliphatic rings. The highest BCUT2D eigenvalue weighted by molar-refractivity contribution is 6.11. The molecule has 30 heavy (non-hydrogen) atoms. The molecule has 1 heterocycles. The van der Waals surface area contributed by atoms with E-state index in [1.807, 2.05) is 37.4 Å². The molecule has 0 aromatic heterocycles. The zero-order valence-corrected chi connectivity index (χ0v) is 17.5. The van der Waals surface area contributed by atoms with Gasteiger partial charge in [-0.2, -0.15) is 0 Å². The second-order valence-electron chi connectivity index (χ2n) is 7.21. The summed E-state index contributed by atoms with van der Waals surface area (Å²) in [5.74, 6) is 0.379. The number of hydrogen-bond acceptors (Lipinski definition) is 6. The molecule has 0 aliphatic carbocycles. The Morgan fingerprint density at radius 2 is 2.03 bits per heavy atom. The molecule has 0 spiro atoms. The van der Waals surface area contributed by atoms with E-state index in [9.17, 15) is 15.0 Å². The number of carbonyl (C=O) groups is 1. The third kappa shape index (κ3) is 4.56. The summed E-state index contributed by atoms with van der Waals surface area (Å²) >= 11 is 0. The molecule has 2 aromatic rings. The highest BCUT2D eigenvalue weighted by Crippen LogP contribution is 2.40. The van der Waals surface area contributed by atoms with E-state index < -0.39 is 0 Å². The Balaban J connectivity index is 2.03. The number of ether oxygens (including phenoxy) is 2. The smallest absolute Gasteiger partial charge is 0.193 e. The van der Waals surface area contributed by atoms with Crippen molar-refractivity contribution < 1.29 is 24.5 Å². The second-order valence-corrected chi connectivity index (χ2v) is 7.21. The van der Waals surface area contributed by atoms with Crippen molar-refractivity contribution in [2.45, 2.75) is 13.0 Å². The number of aromatic hydroxyl groups is 1. The van der Waals surface area contributed by atoms with E-state index in [2.05, 4.69) is 4.90 Å².